The summed E-state index contributed by atoms with van der Waals surface area (Å²) in [6, 6.07) is 7.36. The zero-order valence-electron chi connectivity index (χ0n) is 25.0. The van der Waals surface area contributed by atoms with E-state index in [9.17, 15) is 19.5 Å². The Morgan fingerprint density at radius 3 is 2.44 bits per heavy atom. The minimum absolute atomic E-state index is 0.00521. The predicted octanol–water partition coefficient (Wildman–Crippen LogP) is 5.33. The van der Waals surface area contributed by atoms with Crippen LogP contribution in [-0.2, 0) is 20.0 Å². The summed E-state index contributed by atoms with van der Waals surface area (Å²) in [5.41, 5.74) is -0.838. The number of piperidine rings is 1. The number of aliphatic hydroxyl groups is 1. The van der Waals surface area contributed by atoms with Crippen LogP contribution in [0.5, 0.6) is 0 Å². The van der Waals surface area contributed by atoms with Gasteiger partial charge in [-0.05, 0) is 74.0 Å². The first-order valence-corrected chi connectivity index (χ1v) is 16.1. The van der Waals surface area contributed by atoms with Crippen molar-refractivity contribution in [2.45, 2.75) is 116 Å². The Hall–Kier alpha value is -2.12. The number of nitrogens with zero attached hydrogens (tertiary/aromatic N) is 1. The molecule has 5 rings (SSSR count). The maximum atomic E-state index is 14.0. The Bertz CT molecular complexity index is 1140. The van der Waals surface area contributed by atoms with Crippen LogP contribution in [0, 0.1) is 22.7 Å². The van der Waals surface area contributed by atoms with Gasteiger partial charge in [0.05, 0.1) is 11.5 Å². The van der Waals surface area contributed by atoms with Crippen molar-refractivity contribution in [3.05, 3.63) is 34.9 Å². The van der Waals surface area contributed by atoms with Gasteiger partial charge in [0.2, 0.25) is 17.7 Å². The Morgan fingerprint density at radius 2 is 1.73 bits per heavy atom. The van der Waals surface area contributed by atoms with Crippen LogP contribution in [0.4, 0.5) is 0 Å². The Morgan fingerprint density at radius 1 is 1.00 bits per heavy atom. The van der Waals surface area contributed by atoms with E-state index in [-0.39, 0.29) is 41.1 Å². The molecule has 3 saturated carbocycles. The lowest BCUT2D eigenvalue weighted by Crippen LogP contribution is -2.59. The number of rotatable bonds is 6. The number of nitrogens with one attached hydrogen (secondary N) is 2. The lowest BCUT2D eigenvalue weighted by molar-refractivity contribution is -0.158. The molecule has 1 aromatic rings. The van der Waals surface area contributed by atoms with Gasteiger partial charge >= 0.3 is 0 Å². The second-order valence-corrected chi connectivity index (χ2v) is 14.7. The van der Waals surface area contributed by atoms with Crippen LogP contribution in [-0.4, -0.2) is 52.9 Å². The van der Waals surface area contributed by atoms with Gasteiger partial charge < -0.3 is 20.6 Å². The molecule has 1 heterocycles. The van der Waals surface area contributed by atoms with Gasteiger partial charge in [0.25, 0.3) is 0 Å². The van der Waals surface area contributed by atoms with E-state index in [0.717, 1.165) is 63.4 Å². The highest BCUT2D eigenvalue weighted by atomic mass is 35.5. The highest BCUT2D eigenvalue weighted by Gasteiger charge is 2.51. The lowest BCUT2D eigenvalue weighted by Gasteiger charge is -2.51. The van der Waals surface area contributed by atoms with Gasteiger partial charge in [0.1, 0.15) is 0 Å². The molecule has 8 heteroatoms. The summed E-state index contributed by atoms with van der Waals surface area (Å²) in [7, 11) is 0. The second kappa shape index (κ2) is 11.9. The molecule has 2 bridgehead atoms. The molecule has 3 amide bonds. The van der Waals surface area contributed by atoms with E-state index in [1.54, 1.807) is 19.1 Å². The van der Waals surface area contributed by atoms with Crippen molar-refractivity contribution in [1.82, 2.24) is 15.5 Å². The SMILES string of the molecule is CC(=O)NC1CC2CCCC(CC(=O)N[C@@H]3CCCC[C@@H]3C(=O)N3CC[C@](O)(c4ccc(Cl)cc4)C(C)(C)C3)(C2)C1. The number of carbonyl (C=O) groups excluding carboxylic acids is 3. The molecule has 226 valence electrons. The van der Waals surface area contributed by atoms with E-state index in [1.807, 2.05) is 30.9 Å². The summed E-state index contributed by atoms with van der Waals surface area (Å²) in [4.78, 5) is 41.2. The molecule has 0 radical (unpaired) electrons. The molecule has 7 nitrogen and oxygen atoms in total. The molecule has 3 aliphatic carbocycles. The third kappa shape index (κ3) is 6.46. The molecule has 1 aliphatic heterocycles. The van der Waals surface area contributed by atoms with Crippen molar-refractivity contribution < 1.29 is 19.5 Å². The summed E-state index contributed by atoms with van der Waals surface area (Å²) in [6.45, 7) is 6.56. The number of likely N-dealkylation sites (tertiary alicyclic amines) is 1. The van der Waals surface area contributed by atoms with E-state index >= 15 is 0 Å². The van der Waals surface area contributed by atoms with Gasteiger partial charge in [0.15, 0.2) is 0 Å². The molecule has 41 heavy (non-hydrogen) atoms. The van der Waals surface area contributed by atoms with Gasteiger partial charge in [-0.15, -0.1) is 0 Å². The minimum atomic E-state index is -1.05. The largest absolute Gasteiger partial charge is 0.384 e. The second-order valence-electron chi connectivity index (χ2n) is 14.3. The van der Waals surface area contributed by atoms with E-state index in [4.69, 9.17) is 11.6 Å². The topological polar surface area (TPSA) is 98.7 Å². The number of amides is 3. The van der Waals surface area contributed by atoms with Crippen molar-refractivity contribution in [2.24, 2.45) is 22.7 Å². The molecular formula is C33H48ClN3O4. The highest BCUT2D eigenvalue weighted by Crippen LogP contribution is 2.51. The summed E-state index contributed by atoms with van der Waals surface area (Å²) in [5, 5.41) is 18.9. The fourth-order valence-corrected chi connectivity index (χ4v) is 8.94. The van der Waals surface area contributed by atoms with E-state index in [1.165, 1.54) is 6.42 Å². The van der Waals surface area contributed by atoms with E-state index < -0.39 is 11.0 Å². The normalized spacial score (nSPS) is 34.9. The number of halogens is 1. The fraction of sp³-hybridized carbons (Fsp3) is 0.727. The smallest absolute Gasteiger partial charge is 0.227 e. The maximum absolute atomic E-state index is 14.0. The first kappa shape index (κ1) is 30.3. The minimum Gasteiger partial charge on any atom is -0.384 e. The van der Waals surface area contributed by atoms with Gasteiger partial charge in [0, 0.05) is 49.0 Å². The summed E-state index contributed by atoms with van der Waals surface area (Å²) >= 11 is 6.09. The molecule has 0 aromatic heterocycles. The molecule has 1 saturated heterocycles. The van der Waals surface area contributed by atoms with Crippen molar-refractivity contribution in [1.29, 1.82) is 0 Å². The first-order valence-electron chi connectivity index (χ1n) is 15.7. The van der Waals surface area contributed by atoms with Gasteiger partial charge in [-0.3, -0.25) is 14.4 Å². The predicted molar refractivity (Wildman–Crippen MR) is 160 cm³/mol. The Balaban J connectivity index is 1.23. The third-order valence-electron chi connectivity index (χ3n) is 10.8. The summed E-state index contributed by atoms with van der Waals surface area (Å²) in [6.07, 6.45) is 10.8. The average Bonchev–Trinajstić information content (AvgIpc) is 2.89. The molecule has 0 spiro atoms. The number of hydrogen-bond acceptors (Lipinski definition) is 4. The third-order valence-corrected chi connectivity index (χ3v) is 11.0. The zero-order valence-corrected chi connectivity index (χ0v) is 25.8. The lowest BCUT2D eigenvalue weighted by atomic mass is 9.59. The number of benzene rings is 1. The number of fused-ring (bicyclic) bond motifs is 2. The van der Waals surface area contributed by atoms with Crippen molar-refractivity contribution in [3.8, 4) is 0 Å². The van der Waals surface area contributed by atoms with Crippen LogP contribution in [0.15, 0.2) is 24.3 Å². The zero-order chi connectivity index (χ0) is 29.4. The standard InChI is InChI=1S/C33H48ClN3O4/c1-22(38)35-26-17-23-7-6-14-32(18-23,19-26)20-29(39)36-28-9-5-4-8-27(28)30(40)37-16-15-33(41,31(2,3)21-37)24-10-12-25(34)13-11-24/h10-13,23,26-28,41H,4-9,14-21H2,1-3H3,(H,35,38)(H,36,39)/t23?,26?,27-,28+,32?,33-/m0/s1. The molecule has 6 atom stereocenters. The highest BCUT2D eigenvalue weighted by molar-refractivity contribution is 6.30. The first-order chi connectivity index (χ1) is 19.4. The van der Waals surface area contributed by atoms with Gasteiger partial charge in [-0.25, -0.2) is 0 Å². The molecule has 4 fully saturated rings. The summed E-state index contributed by atoms with van der Waals surface area (Å²) < 4.78 is 0. The average molecular weight is 586 g/mol. The van der Waals surface area contributed by atoms with Crippen molar-refractivity contribution in [2.75, 3.05) is 13.1 Å². The number of hydrogen-bond donors (Lipinski definition) is 3. The quantitative estimate of drug-likeness (QED) is 0.420. The molecule has 3 N–H and O–H groups in total. The van der Waals surface area contributed by atoms with Crippen LogP contribution in [0.3, 0.4) is 0 Å². The van der Waals surface area contributed by atoms with Crippen LogP contribution < -0.4 is 10.6 Å². The van der Waals surface area contributed by atoms with Crippen LogP contribution in [0.2, 0.25) is 5.02 Å². The molecule has 1 aromatic carbocycles. The fourth-order valence-electron chi connectivity index (χ4n) is 8.81. The van der Waals surface area contributed by atoms with Gasteiger partial charge in [-0.2, -0.15) is 0 Å². The van der Waals surface area contributed by atoms with E-state index in [0.29, 0.717) is 36.9 Å². The molecular weight excluding hydrogens is 538 g/mol. The Labute approximate surface area is 250 Å². The maximum Gasteiger partial charge on any atom is 0.227 e. The van der Waals surface area contributed by atoms with Gasteiger partial charge in [-0.1, -0.05) is 63.3 Å². The molecule has 4 aliphatic rings. The number of carbonyl (C=O) groups is 3. The van der Waals surface area contributed by atoms with Crippen LogP contribution >= 0.6 is 11.6 Å². The summed E-state index contributed by atoms with van der Waals surface area (Å²) in [5.74, 6) is 0.487. The van der Waals surface area contributed by atoms with E-state index in [2.05, 4.69) is 10.6 Å². The van der Waals surface area contributed by atoms with Crippen LogP contribution in [0.25, 0.3) is 0 Å². The Kier molecular flexibility index (Phi) is 8.78. The van der Waals surface area contributed by atoms with Crippen molar-refractivity contribution in [3.63, 3.8) is 0 Å². The van der Waals surface area contributed by atoms with Crippen molar-refractivity contribution >= 4 is 29.3 Å². The van der Waals surface area contributed by atoms with Crippen LogP contribution in [0.1, 0.15) is 103 Å². The monoisotopic (exact) mass is 585 g/mol. The molecule has 3 unspecified atom stereocenters.